The number of hydrogen-bond acceptors (Lipinski definition) is 2. The number of rotatable bonds is 2. The largest absolute Gasteiger partial charge is 0.311 e. The van der Waals surface area contributed by atoms with Crippen molar-refractivity contribution in [2.24, 2.45) is 7.05 Å². The van der Waals surface area contributed by atoms with Gasteiger partial charge in [-0.25, -0.2) is 0 Å². The molecule has 3 rings (SSSR count). The van der Waals surface area contributed by atoms with Gasteiger partial charge in [0.05, 0.1) is 5.52 Å². The number of fused-ring (bicyclic) bond motifs is 1. The van der Waals surface area contributed by atoms with Crippen molar-refractivity contribution in [1.82, 2.24) is 4.57 Å². The van der Waals surface area contributed by atoms with Crippen molar-refractivity contribution < 1.29 is 4.79 Å². The molecular weight excluding hydrogens is 274 g/mol. The summed E-state index contributed by atoms with van der Waals surface area (Å²) in [5, 5.41) is 0.800. The Bertz CT molecular complexity index is 931. The van der Waals surface area contributed by atoms with Crippen molar-refractivity contribution >= 4 is 16.7 Å². The summed E-state index contributed by atoms with van der Waals surface area (Å²) >= 11 is 0. The zero-order valence-corrected chi connectivity index (χ0v) is 12.9. The first-order valence-corrected chi connectivity index (χ1v) is 7.19. The van der Waals surface area contributed by atoms with Crippen LogP contribution in [-0.4, -0.2) is 10.4 Å². The van der Waals surface area contributed by atoms with Crippen LogP contribution in [0.1, 0.15) is 27.0 Å². The summed E-state index contributed by atoms with van der Waals surface area (Å²) < 4.78 is 1.56. The van der Waals surface area contributed by atoms with Gasteiger partial charge in [-0.05, 0) is 32.0 Å². The van der Waals surface area contributed by atoms with Crippen LogP contribution in [0.5, 0.6) is 0 Å². The smallest absolute Gasteiger partial charge is 0.251 e. The van der Waals surface area contributed by atoms with E-state index in [1.807, 2.05) is 56.3 Å². The maximum atomic E-state index is 12.9. The number of aromatic nitrogens is 1. The lowest BCUT2D eigenvalue weighted by Gasteiger charge is -2.10. The van der Waals surface area contributed by atoms with E-state index in [0.29, 0.717) is 11.1 Å². The van der Waals surface area contributed by atoms with Gasteiger partial charge in [0.1, 0.15) is 0 Å². The van der Waals surface area contributed by atoms with Gasteiger partial charge < -0.3 is 4.57 Å². The fraction of sp³-hybridized carbons (Fsp3) is 0.158. The van der Waals surface area contributed by atoms with Gasteiger partial charge in [-0.2, -0.15) is 0 Å². The highest BCUT2D eigenvalue weighted by atomic mass is 16.1. The molecule has 0 saturated carbocycles. The maximum Gasteiger partial charge on any atom is 0.251 e. The van der Waals surface area contributed by atoms with Crippen molar-refractivity contribution in [2.45, 2.75) is 13.8 Å². The number of carbonyl (C=O) groups is 1. The minimum Gasteiger partial charge on any atom is -0.311 e. The molecular formula is C19H17NO2. The molecule has 0 N–H and O–H groups in total. The van der Waals surface area contributed by atoms with Crippen LogP contribution in [-0.2, 0) is 7.05 Å². The highest BCUT2D eigenvalue weighted by Gasteiger charge is 2.15. The van der Waals surface area contributed by atoms with Gasteiger partial charge in [0.15, 0.2) is 5.78 Å². The van der Waals surface area contributed by atoms with Crippen molar-refractivity contribution in [1.29, 1.82) is 0 Å². The van der Waals surface area contributed by atoms with E-state index >= 15 is 0 Å². The maximum absolute atomic E-state index is 12.9. The average Bonchev–Trinajstić information content (AvgIpc) is 2.49. The molecule has 3 heteroatoms. The summed E-state index contributed by atoms with van der Waals surface area (Å²) in [6.45, 7) is 3.93. The highest BCUT2D eigenvalue weighted by molar-refractivity contribution is 6.16. The number of para-hydroxylation sites is 1. The van der Waals surface area contributed by atoms with Crippen LogP contribution >= 0.6 is 0 Å². The Kier molecular flexibility index (Phi) is 3.41. The monoisotopic (exact) mass is 291 g/mol. The second-order valence-electron chi connectivity index (χ2n) is 5.68. The van der Waals surface area contributed by atoms with Crippen LogP contribution < -0.4 is 5.56 Å². The molecule has 0 unspecified atom stereocenters. The minimum absolute atomic E-state index is 0.110. The zero-order chi connectivity index (χ0) is 15.9. The van der Waals surface area contributed by atoms with Crippen LogP contribution in [0.2, 0.25) is 0 Å². The van der Waals surface area contributed by atoms with Gasteiger partial charge >= 0.3 is 0 Å². The molecule has 0 saturated heterocycles. The first-order valence-electron chi connectivity index (χ1n) is 7.19. The number of aryl methyl sites for hydroxylation is 3. The molecule has 3 nitrogen and oxygen atoms in total. The molecule has 110 valence electrons. The summed E-state index contributed by atoms with van der Waals surface area (Å²) in [4.78, 5) is 25.0. The van der Waals surface area contributed by atoms with Crippen LogP contribution in [0.15, 0.2) is 53.3 Å². The van der Waals surface area contributed by atoms with Crippen molar-refractivity contribution in [3.63, 3.8) is 0 Å². The van der Waals surface area contributed by atoms with Gasteiger partial charge in [-0.15, -0.1) is 0 Å². The molecule has 22 heavy (non-hydrogen) atoms. The molecule has 0 bridgehead atoms. The molecule has 1 aromatic heterocycles. The SMILES string of the molecule is Cc1cc(C)cc(C(=O)c2cc(=O)n(C)c3ccccc23)c1. The third-order valence-corrected chi connectivity index (χ3v) is 3.88. The molecule has 0 aliphatic rings. The standard InChI is InChI=1S/C19H17NO2/c1-12-8-13(2)10-14(9-12)19(22)16-11-18(21)20(3)17-7-5-4-6-15(16)17/h4-11H,1-3H3. The lowest BCUT2D eigenvalue weighted by atomic mass is 9.97. The van der Waals surface area contributed by atoms with Crippen molar-refractivity contribution in [3.05, 3.63) is 81.1 Å². The lowest BCUT2D eigenvalue weighted by molar-refractivity contribution is 0.104. The van der Waals surface area contributed by atoms with Gasteiger partial charge in [0.2, 0.25) is 0 Å². The molecule has 2 aromatic carbocycles. The Hall–Kier alpha value is -2.68. The summed E-state index contributed by atoms with van der Waals surface area (Å²) in [6.07, 6.45) is 0. The number of ketones is 1. The predicted molar refractivity (Wildman–Crippen MR) is 88.5 cm³/mol. The van der Waals surface area contributed by atoms with Gasteiger partial charge in [0, 0.05) is 29.6 Å². The minimum atomic E-state index is -0.175. The molecule has 0 fully saturated rings. The molecule has 0 atom stereocenters. The fourth-order valence-electron chi connectivity index (χ4n) is 2.86. The van der Waals surface area contributed by atoms with Crippen LogP contribution in [0.3, 0.4) is 0 Å². The van der Waals surface area contributed by atoms with E-state index < -0.39 is 0 Å². The topological polar surface area (TPSA) is 39.1 Å². The third-order valence-electron chi connectivity index (χ3n) is 3.88. The summed E-state index contributed by atoms with van der Waals surface area (Å²) in [6, 6.07) is 14.7. The van der Waals surface area contributed by atoms with E-state index in [1.54, 1.807) is 11.6 Å². The second kappa shape index (κ2) is 5.26. The van der Waals surface area contributed by atoms with Gasteiger partial charge in [-0.3, -0.25) is 9.59 Å². The Morgan fingerprint density at radius 3 is 2.27 bits per heavy atom. The molecule has 1 heterocycles. The van der Waals surface area contributed by atoms with E-state index in [1.165, 1.54) is 6.07 Å². The fourth-order valence-corrected chi connectivity index (χ4v) is 2.86. The zero-order valence-electron chi connectivity index (χ0n) is 12.9. The molecule has 0 amide bonds. The Balaban J connectivity index is 2.28. The van der Waals surface area contributed by atoms with Gasteiger partial charge in [-0.1, -0.05) is 35.4 Å². The number of nitrogens with zero attached hydrogens (tertiary/aromatic N) is 1. The number of pyridine rings is 1. The molecule has 0 aliphatic heterocycles. The van der Waals surface area contributed by atoms with Crippen molar-refractivity contribution in [2.75, 3.05) is 0 Å². The Morgan fingerprint density at radius 1 is 0.955 bits per heavy atom. The van der Waals surface area contributed by atoms with Crippen LogP contribution in [0.25, 0.3) is 10.9 Å². The normalized spacial score (nSPS) is 10.9. The molecule has 0 aliphatic carbocycles. The Morgan fingerprint density at radius 2 is 1.59 bits per heavy atom. The van der Waals surface area contributed by atoms with Crippen LogP contribution in [0, 0.1) is 13.8 Å². The highest BCUT2D eigenvalue weighted by Crippen LogP contribution is 2.20. The van der Waals surface area contributed by atoms with Gasteiger partial charge in [0.25, 0.3) is 5.56 Å². The van der Waals surface area contributed by atoms with E-state index in [2.05, 4.69) is 0 Å². The molecule has 0 spiro atoms. The van der Waals surface area contributed by atoms with E-state index in [4.69, 9.17) is 0 Å². The number of hydrogen-bond donors (Lipinski definition) is 0. The summed E-state index contributed by atoms with van der Waals surface area (Å²) in [7, 11) is 1.72. The first kappa shape index (κ1) is 14.3. The second-order valence-corrected chi connectivity index (χ2v) is 5.68. The third kappa shape index (κ3) is 2.35. The summed E-state index contributed by atoms with van der Waals surface area (Å²) in [5.41, 5.74) is 3.75. The summed E-state index contributed by atoms with van der Waals surface area (Å²) in [5.74, 6) is -0.110. The lowest BCUT2D eigenvalue weighted by Crippen LogP contribution is -2.19. The van der Waals surface area contributed by atoms with E-state index in [-0.39, 0.29) is 11.3 Å². The average molecular weight is 291 g/mol. The Labute approximate surface area is 128 Å². The first-order chi connectivity index (χ1) is 10.5. The molecule has 3 aromatic rings. The van der Waals surface area contributed by atoms with E-state index in [9.17, 15) is 9.59 Å². The van der Waals surface area contributed by atoms with Crippen molar-refractivity contribution in [3.8, 4) is 0 Å². The number of carbonyl (C=O) groups excluding carboxylic acids is 1. The predicted octanol–water partition coefficient (Wildman–Crippen LogP) is 3.39. The quantitative estimate of drug-likeness (QED) is 0.679. The van der Waals surface area contributed by atoms with Crippen LogP contribution in [0.4, 0.5) is 0 Å². The molecule has 0 radical (unpaired) electrons. The number of benzene rings is 2. The van der Waals surface area contributed by atoms with E-state index in [0.717, 1.165) is 22.0 Å².